The SMILES string of the molecule is O=C(NC1CCN(c2cccc(Cl)c2)CC1)C(O)C(O)c1nc2ccccc2[nH]1. The fourth-order valence-corrected chi connectivity index (χ4v) is 3.83. The lowest BCUT2D eigenvalue weighted by Gasteiger charge is -2.34. The summed E-state index contributed by atoms with van der Waals surface area (Å²) in [6.07, 6.45) is -1.53. The monoisotopic (exact) mass is 414 g/mol. The Bertz CT molecular complexity index is 967. The number of amides is 1. The number of halogens is 1. The van der Waals surface area contributed by atoms with Crippen LogP contribution in [-0.2, 0) is 4.79 Å². The van der Waals surface area contributed by atoms with Gasteiger partial charge >= 0.3 is 0 Å². The van der Waals surface area contributed by atoms with E-state index < -0.39 is 18.1 Å². The van der Waals surface area contributed by atoms with Crippen LogP contribution in [0.15, 0.2) is 48.5 Å². The Balaban J connectivity index is 1.33. The molecule has 1 fully saturated rings. The maximum absolute atomic E-state index is 12.4. The molecule has 4 rings (SSSR count). The molecule has 0 spiro atoms. The highest BCUT2D eigenvalue weighted by Crippen LogP contribution is 2.24. The van der Waals surface area contributed by atoms with Gasteiger partial charge in [0.05, 0.1) is 11.0 Å². The summed E-state index contributed by atoms with van der Waals surface area (Å²) in [7, 11) is 0. The number of benzene rings is 2. The molecule has 1 saturated heterocycles. The molecular weight excluding hydrogens is 392 g/mol. The van der Waals surface area contributed by atoms with Gasteiger partial charge in [-0.15, -0.1) is 0 Å². The number of nitrogens with zero attached hydrogens (tertiary/aromatic N) is 2. The molecule has 2 atom stereocenters. The Kier molecular flexibility index (Phi) is 5.71. The van der Waals surface area contributed by atoms with Gasteiger partial charge in [-0.25, -0.2) is 4.98 Å². The van der Waals surface area contributed by atoms with Gasteiger partial charge in [-0.05, 0) is 43.2 Å². The van der Waals surface area contributed by atoms with Gasteiger partial charge in [0.2, 0.25) is 0 Å². The largest absolute Gasteiger partial charge is 0.382 e. The number of nitrogens with one attached hydrogen (secondary N) is 2. The number of aliphatic hydroxyl groups excluding tert-OH is 2. The zero-order chi connectivity index (χ0) is 20.4. The quantitative estimate of drug-likeness (QED) is 0.513. The number of aromatic amines is 1. The molecular formula is C21H23ClN4O3. The summed E-state index contributed by atoms with van der Waals surface area (Å²) in [4.78, 5) is 21.9. The first-order valence-electron chi connectivity index (χ1n) is 9.63. The number of aliphatic hydroxyl groups is 2. The number of piperidine rings is 1. The minimum absolute atomic E-state index is 0.0598. The smallest absolute Gasteiger partial charge is 0.252 e. The van der Waals surface area contributed by atoms with E-state index in [2.05, 4.69) is 20.2 Å². The van der Waals surface area contributed by atoms with Gasteiger partial charge in [0, 0.05) is 29.8 Å². The molecule has 4 N–H and O–H groups in total. The molecule has 1 aliphatic rings. The first kappa shape index (κ1) is 19.7. The summed E-state index contributed by atoms with van der Waals surface area (Å²) in [6.45, 7) is 1.54. The molecule has 2 heterocycles. The van der Waals surface area contributed by atoms with Crippen molar-refractivity contribution < 1.29 is 15.0 Å². The van der Waals surface area contributed by atoms with Crippen LogP contribution in [0.3, 0.4) is 0 Å². The van der Waals surface area contributed by atoms with Gasteiger partial charge in [-0.2, -0.15) is 0 Å². The third-order valence-electron chi connectivity index (χ3n) is 5.27. The summed E-state index contributed by atoms with van der Waals surface area (Å²) < 4.78 is 0. The fraction of sp³-hybridized carbons (Fsp3) is 0.333. The van der Waals surface area contributed by atoms with E-state index in [9.17, 15) is 15.0 Å². The van der Waals surface area contributed by atoms with Crippen molar-refractivity contribution in [1.29, 1.82) is 0 Å². The van der Waals surface area contributed by atoms with E-state index in [1.54, 1.807) is 6.07 Å². The molecule has 1 amide bonds. The Morgan fingerprint density at radius 2 is 1.93 bits per heavy atom. The Hall–Kier alpha value is -2.61. The number of rotatable bonds is 5. The first-order chi connectivity index (χ1) is 14.0. The lowest BCUT2D eigenvalue weighted by atomic mass is 10.0. The number of carbonyl (C=O) groups excluding carboxylic acids is 1. The van der Waals surface area contributed by atoms with Crippen molar-refractivity contribution in [2.45, 2.75) is 31.1 Å². The number of carbonyl (C=O) groups is 1. The van der Waals surface area contributed by atoms with Gasteiger partial charge in [0.15, 0.2) is 6.10 Å². The van der Waals surface area contributed by atoms with Crippen LogP contribution >= 0.6 is 11.6 Å². The van der Waals surface area contributed by atoms with Crippen molar-refractivity contribution in [2.75, 3.05) is 18.0 Å². The predicted molar refractivity (Wildman–Crippen MR) is 112 cm³/mol. The van der Waals surface area contributed by atoms with E-state index in [4.69, 9.17) is 11.6 Å². The lowest BCUT2D eigenvalue weighted by molar-refractivity contribution is -0.136. The third-order valence-corrected chi connectivity index (χ3v) is 5.51. The van der Waals surface area contributed by atoms with Crippen molar-refractivity contribution in [3.63, 3.8) is 0 Å². The number of hydrogen-bond donors (Lipinski definition) is 4. The molecule has 0 aliphatic carbocycles. The molecule has 0 saturated carbocycles. The fourth-order valence-electron chi connectivity index (χ4n) is 3.65. The predicted octanol–water partition coefficient (Wildman–Crippen LogP) is 2.40. The van der Waals surface area contributed by atoms with Crippen LogP contribution in [0.25, 0.3) is 11.0 Å². The summed E-state index contributed by atoms with van der Waals surface area (Å²) in [6, 6.07) is 14.9. The highest BCUT2D eigenvalue weighted by atomic mass is 35.5. The molecule has 29 heavy (non-hydrogen) atoms. The highest BCUT2D eigenvalue weighted by molar-refractivity contribution is 6.30. The zero-order valence-electron chi connectivity index (χ0n) is 15.8. The van der Waals surface area contributed by atoms with Crippen LogP contribution < -0.4 is 10.2 Å². The second-order valence-electron chi connectivity index (χ2n) is 7.28. The van der Waals surface area contributed by atoms with Gasteiger partial charge in [0.25, 0.3) is 5.91 Å². The number of imidazole rings is 1. The number of hydrogen-bond acceptors (Lipinski definition) is 5. The number of fused-ring (bicyclic) bond motifs is 1. The lowest BCUT2D eigenvalue weighted by Crippen LogP contribution is -2.48. The molecule has 8 heteroatoms. The van der Waals surface area contributed by atoms with E-state index in [1.165, 1.54) is 0 Å². The van der Waals surface area contributed by atoms with Crippen molar-refractivity contribution in [3.05, 3.63) is 59.4 Å². The molecule has 0 radical (unpaired) electrons. The van der Waals surface area contributed by atoms with Crippen LogP contribution in [-0.4, -0.2) is 51.3 Å². The van der Waals surface area contributed by atoms with Crippen molar-refractivity contribution in [3.8, 4) is 0 Å². The van der Waals surface area contributed by atoms with Gasteiger partial charge in [-0.3, -0.25) is 4.79 Å². The second-order valence-corrected chi connectivity index (χ2v) is 7.72. The minimum atomic E-state index is -1.60. The Morgan fingerprint density at radius 3 is 2.66 bits per heavy atom. The topological polar surface area (TPSA) is 101 Å². The average molecular weight is 415 g/mol. The van der Waals surface area contributed by atoms with Gasteiger partial charge in [0.1, 0.15) is 11.9 Å². The van der Waals surface area contributed by atoms with Crippen molar-refractivity contribution in [2.24, 2.45) is 0 Å². The maximum Gasteiger partial charge on any atom is 0.252 e. The van der Waals surface area contributed by atoms with E-state index in [0.29, 0.717) is 10.5 Å². The molecule has 0 bridgehead atoms. The highest BCUT2D eigenvalue weighted by Gasteiger charge is 2.30. The normalized spacial score (nSPS) is 17.3. The molecule has 2 unspecified atom stereocenters. The van der Waals surface area contributed by atoms with Gasteiger partial charge in [-0.1, -0.05) is 29.8 Å². The number of H-pyrrole nitrogens is 1. The molecule has 2 aromatic carbocycles. The summed E-state index contributed by atoms with van der Waals surface area (Å²) in [5.41, 5.74) is 2.47. The summed E-state index contributed by atoms with van der Waals surface area (Å²) in [5, 5.41) is 24.2. The van der Waals surface area contributed by atoms with Gasteiger partial charge < -0.3 is 25.4 Å². The summed E-state index contributed by atoms with van der Waals surface area (Å²) >= 11 is 6.06. The molecule has 1 aliphatic heterocycles. The van der Waals surface area contributed by atoms with Crippen molar-refractivity contribution in [1.82, 2.24) is 15.3 Å². The van der Waals surface area contributed by atoms with Crippen LogP contribution in [0.5, 0.6) is 0 Å². The van der Waals surface area contributed by atoms with E-state index in [1.807, 2.05) is 42.5 Å². The van der Waals surface area contributed by atoms with E-state index in [0.717, 1.165) is 37.1 Å². The van der Waals surface area contributed by atoms with E-state index in [-0.39, 0.29) is 11.9 Å². The van der Waals surface area contributed by atoms with Crippen LogP contribution in [0.2, 0.25) is 5.02 Å². The maximum atomic E-state index is 12.4. The average Bonchev–Trinajstić information content (AvgIpc) is 3.17. The Morgan fingerprint density at radius 1 is 1.17 bits per heavy atom. The molecule has 152 valence electrons. The number of para-hydroxylation sites is 2. The van der Waals surface area contributed by atoms with Crippen LogP contribution in [0.1, 0.15) is 24.8 Å². The second kappa shape index (κ2) is 8.41. The van der Waals surface area contributed by atoms with E-state index >= 15 is 0 Å². The van der Waals surface area contributed by atoms with Crippen LogP contribution in [0.4, 0.5) is 5.69 Å². The first-order valence-corrected chi connectivity index (χ1v) is 10.0. The summed E-state index contributed by atoms with van der Waals surface area (Å²) in [5.74, 6) is -0.427. The van der Waals surface area contributed by atoms with Crippen LogP contribution in [0, 0.1) is 0 Å². The molecule has 1 aromatic heterocycles. The standard InChI is InChI=1S/C21H23ClN4O3/c22-13-4-3-5-15(12-13)26-10-8-14(9-11-26)23-21(29)19(28)18(27)20-24-16-6-1-2-7-17(16)25-20/h1-7,12,14,18-19,27-28H,8-11H2,(H,23,29)(H,24,25). The minimum Gasteiger partial charge on any atom is -0.382 e. The third kappa shape index (κ3) is 4.37. The molecule has 3 aromatic rings. The number of aromatic nitrogens is 2. The zero-order valence-corrected chi connectivity index (χ0v) is 16.5. The Labute approximate surface area is 173 Å². The number of anilines is 1. The molecule has 7 nitrogen and oxygen atoms in total. The van der Waals surface area contributed by atoms with Crippen molar-refractivity contribution >= 4 is 34.2 Å².